The van der Waals surface area contributed by atoms with E-state index in [1.54, 1.807) is 10.9 Å². The van der Waals surface area contributed by atoms with Crippen LogP contribution in [-0.4, -0.2) is 15.3 Å². The normalized spacial score (nSPS) is 11.8. The molecule has 0 aliphatic heterocycles. The van der Waals surface area contributed by atoms with Crippen molar-refractivity contribution in [1.29, 1.82) is 0 Å². The predicted molar refractivity (Wildman–Crippen MR) is 74.3 cm³/mol. The highest BCUT2D eigenvalue weighted by atomic mass is 19.1. The van der Waals surface area contributed by atoms with Crippen LogP contribution in [0.5, 0.6) is 0 Å². The molecule has 0 aliphatic carbocycles. The topological polar surface area (TPSA) is 29.9 Å². The molecular formula is C15H19F2N3. The fourth-order valence-corrected chi connectivity index (χ4v) is 1.77. The molecule has 2 rings (SSSR count). The van der Waals surface area contributed by atoms with Gasteiger partial charge in [-0.1, -0.05) is 6.07 Å². The zero-order chi connectivity index (χ0) is 14.8. The molecule has 0 atom stereocenters. The standard InChI is InChI=1S/C15H19F2N3/c1-15(2,3)18-9-13-6-7-20(19-13)10-11-4-5-12(16)8-14(11)17/h4-8,18H,9-10H2,1-3H3. The maximum atomic E-state index is 13.6. The lowest BCUT2D eigenvalue weighted by Crippen LogP contribution is -2.35. The highest BCUT2D eigenvalue weighted by Gasteiger charge is 2.10. The molecule has 0 saturated carbocycles. The van der Waals surface area contributed by atoms with Gasteiger partial charge in [0, 0.05) is 29.9 Å². The Bertz CT molecular complexity index is 585. The number of hydrogen-bond acceptors (Lipinski definition) is 2. The van der Waals surface area contributed by atoms with Gasteiger partial charge in [0.25, 0.3) is 0 Å². The third-order valence-corrected chi connectivity index (χ3v) is 2.84. The molecule has 0 bridgehead atoms. The van der Waals surface area contributed by atoms with Crippen LogP contribution >= 0.6 is 0 Å². The van der Waals surface area contributed by atoms with Crippen LogP contribution in [0.2, 0.25) is 0 Å². The van der Waals surface area contributed by atoms with E-state index >= 15 is 0 Å². The summed E-state index contributed by atoms with van der Waals surface area (Å²) in [6.45, 7) is 7.19. The van der Waals surface area contributed by atoms with Gasteiger partial charge in [0.15, 0.2) is 0 Å². The van der Waals surface area contributed by atoms with Crippen LogP contribution in [0, 0.1) is 11.6 Å². The molecule has 1 aromatic heterocycles. The number of halogens is 2. The first-order chi connectivity index (χ1) is 9.33. The summed E-state index contributed by atoms with van der Waals surface area (Å²) >= 11 is 0. The van der Waals surface area contributed by atoms with Gasteiger partial charge in [-0.2, -0.15) is 5.10 Å². The maximum Gasteiger partial charge on any atom is 0.131 e. The molecule has 0 aliphatic rings. The van der Waals surface area contributed by atoms with E-state index in [4.69, 9.17) is 0 Å². The lowest BCUT2D eigenvalue weighted by molar-refractivity contribution is 0.419. The molecule has 1 N–H and O–H groups in total. The van der Waals surface area contributed by atoms with Crippen LogP contribution in [0.3, 0.4) is 0 Å². The number of nitrogens with one attached hydrogen (secondary N) is 1. The van der Waals surface area contributed by atoms with E-state index in [1.165, 1.54) is 12.1 Å². The first kappa shape index (κ1) is 14.7. The summed E-state index contributed by atoms with van der Waals surface area (Å²) in [5.74, 6) is -1.11. The summed E-state index contributed by atoms with van der Waals surface area (Å²) in [7, 11) is 0. The number of nitrogens with zero attached hydrogens (tertiary/aromatic N) is 2. The van der Waals surface area contributed by atoms with Crippen molar-refractivity contribution in [2.24, 2.45) is 0 Å². The minimum absolute atomic E-state index is 0.0207. The van der Waals surface area contributed by atoms with Gasteiger partial charge in [-0.15, -0.1) is 0 Å². The zero-order valence-electron chi connectivity index (χ0n) is 12.0. The van der Waals surface area contributed by atoms with Crippen LogP contribution in [0.25, 0.3) is 0 Å². The summed E-state index contributed by atoms with van der Waals surface area (Å²) in [4.78, 5) is 0. The Balaban J connectivity index is 2.02. The minimum atomic E-state index is -0.568. The third kappa shape index (κ3) is 4.13. The average Bonchev–Trinajstić information content (AvgIpc) is 2.77. The summed E-state index contributed by atoms with van der Waals surface area (Å²) in [5.41, 5.74) is 1.33. The molecule has 0 unspecified atom stereocenters. The van der Waals surface area contributed by atoms with Crippen molar-refractivity contribution in [2.75, 3.05) is 0 Å². The Morgan fingerprint density at radius 1 is 1.20 bits per heavy atom. The number of rotatable bonds is 4. The van der Waals surface area contributed by atoms with Crippen LogP contribution in [0.15, 0.2) is 30.5 Å². The largest absolute Gasteiger partial charge is 0.306 e. The third-order valence-electron chi connectivity index (χ3n) is 2.84. The van der Waals surface area contributed by atoms with Gasteiger partial charge in [-0.05, 0) is 32.9 Å². The van der Waals surface area contributed by atoms with Crippen LogP contribution < -0.4 is 5.32 Å². The second-order valence-electron chi connectivity index (χ2n) is 5.84. The fraction of sp³-hybridized carbons (Fsp3) is 0.400. The fourth-order valence-electron chi connectivity index (χ4n) is 1.77. The van der Waals surface area contributed by atoms with E-state index in [-0.39, 0.29) is 5.54 Å². The molecule has 3 nitrogen and oxygen atoms in total. The molecule has 0 saturated heterocycles. The summed E-state index contributed by atoms with van der Waals surface area (Å²) in [5, 5.41) is 7.70. The molecule has 0 amide bonds. The van der Waals surface area contributed by atoms with Gasteiger partial charge >= 0.3 is 0 Å². The van der Waals surface area contributed by atoms with Crippen molar-refractivity contribution in [1.82, 2.24) is 15.1 Å². The lowest BCUT2D eigenvalue weighted by atomic mass is 10.1. The first-order valence-corrected chi connectivity index (χ1v) is 6.55. The lowest BCUT2D eigenvalue weighted by Gasteiger charge is -2.19. The summed E-state index contributed by atoms with van der Waals surface area (Å²) in [6.07, 6.45) is 1.79. The van der Waals surface area contributed by atoms with Gasteiger partial charge in [0.2, 0.25) is 0 Å². The molecule has 108 valence electrons. The van der Waals surface area contributed by atoms with Crippen LogP contribution in [0.1, 0.15) is 32.0 Å². The van der Waals surface area contributed by atoms with Crippen molar-refractivity contribution < 1.29 is 8.78 Å². The van der Waals surface area contributed by atoms with E-state index in [1.807, 2.05) is 6.07 Å². The summed E-state index contributed by atoms with van der Waals surface area (Å²) in [6, 6.07) is 5.48. The van der Waals surface area contributed by atoms with Crippen LogP contribution in [0.4, 0.5) is 8.78 Å². The molecule has 2 aromatic rings. The Kier molecular flexibility index (Phi) is 4.18. The van der Waals surface area contributed by atoms with E-state index in [2.05, 4.69) is 31.2 Å². The monoisotopic (exact) mass is 279 g/mol. The Labute approximate surface area is 117 Å². The highest BCUT2D eigenvalue weighted by molar-refractivity contribution is 5.19. The average molecular weight is 279 g/mol. The minimum Gasteiger partial charge on any atom is -0.306 e. The van der Waals surface area contributed by atoms with Gasteiger partial charge in [-0.3, -0.25) is 4.68 Å². The van der Waals surface area contributed by atoms with Crippen molar-refractivity contribution >= 4 is 0 Å². The predicted octanol–water partition coefficient (Wildman–Crippen LogP) is 3.10. The molecule has 20 heavy (non-hydrogen) atoms. The highest BCUT2D eigenvalue weighted by Crippen LogP contribution is 2.11. The van der Waals surface area contributed by atoms with Crippen molar-refractivity contribution in [3.8, 4) is 0 Å². The van der Waals surface area contributed by atoms with Gasteiger partial charge < -0.3 is 5.32 Å². The van der Waals surface area contributed by atoms with Gasteiger partial charge in [-0.25, -0.2) is 8.78 Å². The molecule has 0 spiro atoms. The smallest absolute Gasteiger partial charge is 0.131 e. The number of hydrogen-bond donors (Lipinski definition) is 1. The second kappa shape index (κ2) is 5.71. The molecule has 0 fully saturated rings. The Hall–Kier alpha value is -1.75. The van der Waals surface area contributed by atoms with Crippen molar-refractivity contribution in [3.63, 3.8) is 0 Å². The van der Waals surface area contributed by atoms with E-state index < -0.39 is 11.6 Å². The van der Waals surface area contributed by atoms with Crippen molar-refractivity contribution in [2.45, 2.75) is 39.4 Å². The van der Waals surface area contributed by atoms with Gasteiger partial charge in [0.1, 0.15) is 11.6 Å². The second-order valence-corrected chi connectivity index (χ2v) is 5.84. The van der Waals surface area contributed by atoms with E-state index in [0.717, 1.165) is 11.8 Å². The Morgan fingerprint density at radius 3 is 2.60 bits per heavy atom. The molecular weight excluding hydrogens is 260 g/mol. The summed E-state index contributed by atoms with van der Waals surface area (Å²) < 4.78 is 28.0. The maximum absolute atomic E-state index is 13.6. The van der Waals surface area contributed by atoms with Crippen molar-refractivity contribution in [3.05, 3.63) is 53.4 Å². The molecule has 5 heteroatoms. The molecule has 0 radical (unpaired) electrons. The van der Waals surface area contributed by atoms with Crippen LogP contribution in [-0.2, 0) is 13.1 Å². The number of benzene rings is 1. The van der Waals surface area contributed by atoms with E-state index in [9.17, 15) is 8.78 Å². The SMILES string of the molecule is CC(C)(C)NCc1ccn(Cc2ccc(F)cc2F)n1. The molecule has 1 aromatic carbocycles. The first-order valence-electron chi connectivity index (χ1n) is 6.55. The number of aromatic nitrogens is 2. The van der Waals surface area contributed by atoms with E-state index in [0.29, 0.717) is 18.7 Å². The zero-order valence-corrected chi connectivity index (χ0v) is 12.0. The molecule has 1 heterocycles. The van der Waals surface area contributed by atoms with Gasteiger partial charge in [0.05, 0.1) is 12.2 Å². The Morgan fingerprint density at radius 2 is 1.95 bits per heavy atom. The quantitative estimate of drug-likeness (QED) is 0.932.